The van der Waals surface area contributed by atoms with Gasteiger partial charge < -0.3 is 15.0 Å². The molecule has 3 rings (SSSR count). The third kappa shape index (κ3) is 3.22. The number of benzene rings is 2. The van der Waals surface area contributed by atoms with E-state index >= 15 is 0 Å². The van der Waals surface area contributed by atoms with Gasteiger partial charge in [0.1, 0.15) is 5.75 Å². The zero-order chi connectivity index (χ0) is 17.1. The summed E-state index contributed by atoms with van der Waals surface area (Å²) in [5, 5.41) is 2.83. The van der Waals surface area contributed by atoms with Gasteiger partial charge in [-0.1, -0.05) is 12.1 Å². The monoisotopic (exact) mass is 323 g/mol. The molecule has 3 aromatic rings. The van der Waals surface area contributed by atoms with Gasteiger partial charge in [0, 0.05) is 23.1 Å². The van der Waals surface area contributed by atoms with Gasteiger partial charge in [-0.3, -0.25) is 9.36 Å². The Morgan fingerprint density at radius 3 is 2.67 bits per heavy atom. The van der Waals surface area contributed by atoms with Crippen LogP contribution in [0.3, 0.4) is 0 Å². The average Bonchev–Trinajstić information content (AvgIpc) is 2.93. The zero-order valence-electron chi connectivity index (χ0n) is 13.4. The first-order chi connectivity index (χ1) is 11.6. The molecule has 0 atom stereocenters. The highest BCUT2D eigenvalue weighted by Crippen LogP contribution is 2.17. The fourth-order valence-corrected chi connectivity index (χ4v) is 2.41. The highest BCUT2D eigenvalue weighted by Gasteiger charge is 2.09. The summed E-state index contributed by atoms with van der Waals surface area (Å²) in [6.45, 7) is 1.81. The van der Waals surface area contributed by atoms with Crippen LogP contribution in [0.15, 0.2) is 59.5 Å². The number of rotatable bonds is 4. The molecule has 6 heteroatoms. The minimum absolute atomic E-state index is 0.219. The number of methoxy groups -OCH3 is 1. The van der Waals surface area contributed by atoms with Crippen molar-refractivity contribution in [3.05, 3.63) is 76.5 Å². The van der Waals surface area contributed by atoms with E-state index in [2.05, 4.69) is 10.3 Å². The Balaban J connectivity index is 1.85. The summed E-state index contributed by atoms with van der Waals surface area (Å²) < 4.78 is 6.62. The number of aromatic amines is 1. The second-order valence-corrected chi connectivity index (χ2v) is 5.35. The molecule has 1 aromatic heterocycles. The number of ether oxygens (including phenoxy) is 1. The Morgan fingerprint density at radius 2 is 1.96 bits per heavy atom. The van der Waals surface area contributed by atoms with E-state index in [-0.39, 0.29) is 11.6 Å². The molecule has 0 saturated heterocycles. The van der Waals surface area contributed by atoms with E-state index in [0.29, 0.717) is 22.7 Å². The minimum atomic E-state index is -0.247. The molecule has 0 spiro atoms. The number of aromatic nitrogens is 2. The van der Waals surface area contributed by atoms with Crippen molar-refractivity contribution in [2.75, 3.05) is 12.4 Å². The number of H-pyrrole nitrogens is 1. The van der Waals surface area contributed by atoms with Gasteiger partial charge in [-0.25, -0.2) is 4.79 Å². The van der Waals surface area contributed by atoms with Crippen LogP contribution in [0.1, 0.15) is 16.1 Å². The van der Waals surface area contributed by atoms with Crippen LogP contribution in [-0.2, 0) is 0 Å². The lowest BCUT2D eigenvalue weighted by Gasteiger charge is -2.08. The number of carbonyl (C=O) groups excluding carboxylic acids is 1. The van der Waals surface area contributed by atoms with Crippen molar-refractivity contribution < 1.29 is 9.53 Å². The van der Waals surface area contributed by atoms with E-state index in [0.717, 1.165) is 5.69 Å². The van der Waals surface area contributed by atoms with Crippen molar-refractivity contribution in [2.45, 2.75) is 6.92 Å². The summed E-state index contributed by atoms with van der Waals surface area (Å²) in [7, 11) is 1.55. The molecule has 0 aliphatic carbocycles. The Morgan fingerprint density at radius 1 is 1.17 bits per heavy atom. The van der Waals surface area contributed by atoms with Gasteiger partial charge in [0.05, 0.1) is 12.8 Å². The molecule has 0 unspecified atom stereocenters. The fourth-order valence-electron chi connectivity index (χ4n) is 2.41. The van der Waals surface area contributed by atoms with Gasteiger partial charge in [-0.2, -0.15) is 0 Å². The summed E-state index contributed by atoms with van der Waals surface area (Å²) >= 11 is 0. The standard InChI is InChI=1S/C18H17N3O3/c1-12-11-21(18(23)19-12)15-7-4-6-14(10-15)20-17(22)13-5-3-8-16(9-13)24-2/h3-11H,1-2H3,(H,19,23)(H,20,22). The van der Waals surface area contributed by atoms with E-state index in [1.165, 1.54) is 4.57 Å². The molecule has 0 aliphatic heterocycles. The lowest BCUT2D eigenvalue weighted by atomic mass is 10.2. The van der Waals surface area contributed by atoms with E-state index in [1.54, 1.807) is 61.8 Å². The number of carbonyl (C=O) groups is 1. The molecule has 0 aliphatic rings. The number of aryl methyl sites for hydroxylation is 1. The van der Waals surface area contributed by atoms with Gasteiger partial charge >= 0.3 is 5.69 Å². The lowest BCUT2D eigenvalue weighted by molar-refractivity contribution is 0.102. The number of nitrogens with zero attached hydrogens (tertiary/aromatic N) is 1. The van der Waals surface area contributed by atoms with Gasteiger partial charge in [-0.05, 0) is 43.3 Å². The predicted molar refractivity (Wildman–Crippen MR) is 92.1 cm³/mol. The fraction of sp³-hybridized carbons (Fsp3) is 0.111. The van der Waals surface area contributed by atoms with Crippen LogP contribution >= 0.6 is 0 Å². The van der Waals surface area contributed by atoms with Crippen LogP contribution in [0.25, 0.3) is 5.69 Å². The highest BCUT2D eigenvalue weighted by atomic mass is 16.5. The molecule has 0 bridgehead atoms. The maximum absolute atomic E-state index is 12.4. The van der Waals surface area contributed by atoms with Crippen LogP contribution in [0.5, 0.6) is 5.75 Å². The summed E-state index contributed by atoms with van der Waals surface area (Å²) in [5.41, 5.74) is 2.32. The molecule has 1 amide bonds. The molecular weight excluding hydrogens is 306 g/mol. The summed E-state index contributed by atoms with van der Waals surface area (Å²) in [6.07, 6.45) is 1.71. The van der Waals surface area contributed by atoms with Crippen LogP contribution in [0.4, 0.5) is 5.69 Å². The normalized spacial score (nSPS) is 10.4. The summed E-state index contributed by atoms with van der Waals surface area (Å²) in [4.78, 5) is 26.9. The highest BCUT2D eigenvalue weighted by molar-refractivity contribution is 6.04. The average molecular weight is 323 g/mol. The minimum Gasteiger partial charge on any atom is -0.497 e. The maximum Gasteiger partial charge on any atom is 0.330 e. The Labute approximate surface area is 138 Å². The maximum atomic E-state index is 12.4. The van der Waals surface area contributed by atoms with Gasteiger partial charge in [0.25, 0.3) is 5.91 Å². The lowest BCUT2D eigenvalue weighted by Crippen LogP contribution is -2.15. The summed E-state index contributed by atoms with van der Waals surface area (Å²) in [5.74, 6) is 0.370. The molecule has 0 radical (unpaired) electrons. The van der Waals surface area contributed by atoms with Crippen molar-refractivity contribution in [3.63, 3.8) is 0 Å². The molecule has 0 saturated carbocycles. The van der Waals surface area contributed by atoms with Gasteiger partial charge in [0.2, 0.25) is 0 Å². The van der Waals surface area contributed by atoms with Crippen molar-refractivity contribution in [3.8, 4) is 11.4 Å². The first-order valence-corrected chi connectivity index (χ1v) is 7.41. The number of hydrogen-bond donors (Lipinski definition) is 2. The number of amides is 1. The van der Waals surface area contributed by atoms with Crippen molar-refractivity contribution in [1.82, 2.24) is 9.55 Å². The van der Waals surface area contributed by atoms with E-state index in [4.69, 9.17) is 4.74 Å². The number of hydrogen-bond acceptors (Lipinski definition) is 3. The first kappa shape index (κ1) is 15.6. The molecular formula is C18H17N3O3. The number of imidazole rings is 1. The number of nitrogens with one attached hydrogen (secondary N) is 2. The smallest absolute Gasteiger partial charge is 0.330 e. The van der Waals surface area contributed by atoms with Gasteiger partial charge in [0.15, 0.2) is 0 Å². The zero-order valence-corrected chi connectivity index (χ0v) is 13.4. The second-order valence-electron chi connectivity index (χ2n) is 5.35. The van der Waals surface area contributed by atoms with Crippen LogP contribution in [0.2, 0.25) is 0 Å². The van der Waals surface area contributed by atoms with Crippen molar-refractivity contribution >= 4 is 11.6 Å². The molecule has 6 nitrogen and oxygen atoms in total. The third-order valence-corrected chi connectivity index (χ3v) is 3.56. The SMILES string of the molecule is COc1cccc(C(=O)Nc2cccc(-n3cc(C)[nH]c3=O)c2)c1. The van der Waals surface area contributed by atoms with Gasteiger partial charge in [-0.15, -0.1) is 0 Å². The first-order valence-electron chi connectivity index (χ1n) is 7.41. The van der Waals surface area contributed by atoms with E-state index in [1.807, 2.05) is 6.92 Å². The molecule has 24 heavy (non-hydrogen) atoms. The topological polar surface area (TPSA) is 76.1 Å². The summed E-state index contributed by atoms with van der Waals surface area (Å²) in [6, 6.07) is 14.0. The quantitative estimate of drug-likeness (QED) is 0.775. The van der Waals surface area contributed by atoms with Crippen molar-refractivity contribution in [1.29, 1.82) is 0 Å². The Hall–Kier alpha value is -3.28. The molecule has 122 valence electrons. The Kier molecular flexibility index (Phi) is 4.20. The van der Waals surface area contributed by atoms with Crippen LogP contribution in [0, 0.1) is 6.92 Å². The van der Waals surface area contributed by atoms with E-state index < -0.39 is 0 Å². The van der Waals surface area contributed by atoms with Crippen LogP contribution < -0.4 is 15.7 Å². The largest absolute Gasteiger partial charge is 0.497 e. The van der Waals surface area contributed by atoms with E-state index in [9.17, 15) is 9.59 Å². The molecule has 2 N–H and O–H groups in total. The Bertz CT molecular complexity index is 940. The third-order valence-electron chi connectivity index (χ3n) is 3.56. The predicted octanol–water partition coefficient (Wildman–Crippen LogP) is 2.73. The number of anilines is 1. The van der Waals surface area contributed by atoms with Crippen LogP contribution in [-0.4, -0.2) is 22.6 Å². The van der Waals surface area contributed by atoms with Crippen molar-refractivity contribution in [2.24, 2.45) is 0 Å². The molecule has 1 heterocycles. The second kappa shape index (κ2) is 6.45. The molecule has 0 fully saturated rings. The molecule has 2 aromatic carbocycles.